The molecule has 320 valence electrons. The molecule has 1 unspecified atom stereocenters. The minimum absolute atomic E-state index is 0.132. The largest absolute Gasteiger partial charge is 0.472 e. The average Bonchev–Trinajstić information content (AvgIpc) is 3.17. The lowest BCUT2D eigenvalue weighted by atomic mass is 10.1. The summed E-state index contributed by atoms with van der Waals surface area (Å²) in [6.07, 6.45) is 42.3. The van der Waals surface area contributed by atoms with E-state index in [4.69, 9.17) is 19.1 Å². The molecule has 0 saturated carbocycles. The van der Waals surface area contributed by atoms with E-state index in [9.17, 15) is 24.2 Å². The molecule has 0 aliphatic carbocycles. The monoisotopic (exact) mass is 799 g/mol. The Kier molecular flexibility index (Phi) is 38.6. The highest BCUT2D eigenvalue weighted by atomic mass is 31.2. The van der Waals surface area contributed by atoms with E-state index < -0.39 is 51.8 Å². The van der Waals surface area contributed by atoms with Gasteiger partial charge in [0.1, 0.15) is 12.7 Å². The first-order chi connectivity index (χ1) is 26.7. The molecule has 3 N–H and O–H groups in total. The van der Waals surface area contributed by atoms with Crippen LogP contribution in [0.15, 0.2) is 48.6 Å². The molecule has 0 bridgehead atoms. The maximum absolute atomic E-state index is 12.6. The Morgan fingerprint density at radius 1 is 0.545 bits per heavy atom. The van der Waals surface area contributed by atoms with Gasteiger partial charge in [0.2, 0.25) is 0 Å². The number of rotatable bonds is 40. The number of allylic oxidation sites excluding steroid dienone is 8. The Balaban J connectivity index is 4.42. The molecule has 0 rings (SSSR count). The van der Waals surface area contributed by atoms with Crippen LogP contribution in [0.1, 0.15) is 181 Å². The number of aliphatic hydroxyl groups excluding tert-OH is 2. The molecular formula is C44H79O10P. The van der Waals surface area contributed by atoms with Gasteiger partial charge in [0.15, 0.2) is 6.10 Å². The first kappa shape index (κ1) is 52.9. The average molecular weight is 799 g/mol. The highest BCUT2D eigenvalue weighted by molar-refractivity contribution is 7.47. The molecule has 0 radical (unpaired) electrons. The second kappa shape index (κ2) is 40.1. The first-order valence-electron chi connectivity index (χ1n) is 21.6. The summed E-state index contributed by atoms with van der Waals surface area (Å²) >= 11 is 0. The Hall–Kier alpha value is -2.07. The summed E-state index contributed by atoms with van der Waals surface area (Å²) in [6, 6.07) is 0. The highest BCUT2D eigenvalue weighted by Gasteiger charge is 2.27. The van der Waals surface area contributed by atoms with Gasteiger partial charge in [-0.2, -0.15) is 0 Å². The van der Waals surface area contributed by atoms with E-state index in [0.717, 1.165) is 44.9 Å². The molecule has 0 spiro atoms. The predicted octanol–water partition coefficient (Wildman–Crippen LogP) is 11.3. The molecule has 55 heavy (non-hydrogen) atoms. The van der Waals surface area contributed by atoms with Crippen molar-refractivity contribution >= 4 is 19.8 Å². The van der Waals surface area contributed by atoms with Gasteiger partial charge in [-0.25, -0.2) is 4.57 Å². The molecule has 0 saturated heterocycles. The van der Waals surface area contributed by atoms with Gasteiger partial charge in [-0.05, 0) is 70.6 Å². The van der Waals surface area contributed by atoms with Gasteiger partial charge in [0.05, 0.1) is 19.8 Å². The van der Waals surface area contributed by atoms with Crippen LogP contribution < -0.4 is 0 Å². The van der Waals surface area contributed by atoms with Crippen molar-refractivity contribution in [2.24, 2.45) is 0 Å². The standard InChI is InChI=1S/C44H79O10P/c1-3-5-7-9-11-13-15-17-19-20-22-23-25-27-29-31-33-35-43(47)51-39-42(40-53-55(49,50)52-38-41(46)37-45)54-44(48)36-34-32-30-28-26-24-21-18-16-14-12-10-8-6-4-2/h18,21-23,26-29,41-42,45-46H,3-17,19-20,24-25,30-40H2,1-2H3,(H,49,50)/b21-18+,23-22+,28-26+,29-27+/t41-,42+/m0/s1. The van der Waals surface area contributed by atoms with Crippen molar-refractivity contribution in [2.75, 3.05) is 26.4 Å². The lowest BCUT2D eigenvalue weighted by molar-refractivity contribution is -0.161. The van der Waals surface area contributed by atoms with Gasteiger partial charge >= 0.3 is 19.8 Å². The van der Waals surface area contributed by atoms with Crippen LogP contribution in [0.4, 0.5) is 0 Å². The quantitative estimate of drug-likeness (QED) is 0.0237. The molecule has 10 nitrogen and oxygen atoms in total. The molecule has 11 heteroatoms. The molecule has 0 heterocycles. The number of carbonyl (C=O) groups excluding carboxylic acids is 2. The SMILES string of the molecule is CCCCCCCC/C=C/C/C=C/CCCCC(=O)O[C@H](COC(=O)CCC/C=C/C/C=C/CCCCCCCCCCC)COP(=O)(O)OC[C@@H](O)CO. The van der Waals surface area contributed by atoms with E-state index in [1.165, 1.54) is 96.3 Å². The fraction of sp³-hybridized carbons (Fsp3) is 0.773. The van der Waals surface area contributed by atoms with Crippen molar-refractivity contribution in [3.8, 4) is 0 Å². The molecule has 0 aromatic rings. The van der Waals surface area contributed by atoms with Crippen LogP contribution in [0.25, 0.3) is 0 Å². The predicted molar refractivity (Wildman–Crippen MR) is 224 cm³/mol. The van der Waals surface area contributed by atoms with Crippen molar-refractivity contribution < 1.29 is 47.8 Å². The minimum atomic E-state index is -4.63. The van der Waals surface area contributed by atoms with Crippen LogP contribution in [0.5, 0.6) is 0 Å². The molecule has 0 aromatic carbocycles. The van der Waals surface area contributed by atoms with Crippen molar-refractivity contribution in [2.45, 2.75) is 193 Å². The Labute approximate surface area is 334 Å². The van der Waals surface area contributed by atoms with Crippen LogP contribution in [-0.4, -0.2) is 65.7 Å². The normalized spacial score (nSPS) is 14.3. The van der Waals surface area contributed by atoms with Crippen LogP contribution in [-0.2, 0) is 32.7 Å². The van der Waals surface area contributed by atoms with Gasteiger partial charge in [0.25, 0.3) is 0 Å². The zero-order valence-corrected chi connectivity index (χ0v) is 35.5. The van der Waals surface area contributed by atoms with Crippen molar-refractivity contribution in [1.82, 2.24) is 0 Å². The number of hydrogen-bond donors (Lipinski definition) is 3. The number of ether oxygens (including phenoxy) is 2. The number of unbranched alkanes of at least 4 members (excludes halogenated alkanes) is 18. The van der Waals surface area contributed by atoms with Gasteiger partial charge in [-0.3, -0.25) is 18.6 Å². The van der Waals surface area contributed by atoms with Gasteiger partial charge in [-0.1, -0.05) is 146 Å². The van der Waals surface area contributed by atoms with E-state index in [-0.39, 0.29) is 19.4 Å². The van der Waals surface area contributed by atoms with Crippen molar-refractivity contribution in [1.29, 1.82) is 0 Å². The van der Waals surface area contributed by atoms with E-state index >= 15 is 0 Å². The maximum Gasteiger partial charge on any atom is 0.472 e. The highest BCUT2D eigenvalue weighted by Crippen LogP contribution is 2.43. The zero-order valence-electron chi connectivity index (χ0n) is 34.6. The van der Waals surface area contributed by atoms with E-state index in [1.54, 1.807) is 0 Å². The smallest absolute Gasteiger partial charge is 0.462 e. The third-order valence-corrected chi connectivity index (χ3v) is 9.91. The Morgan fingerprint density at radius 3 is 1.45 bits per heavy atom. The molecule has 0 fully saturated rings. The van der Waals surface area contributed by atoms with Crippen molar-refractivity contribution in [3.05, 3.63) is 48.6 Å². The Bertz CT molecular complexity index is 1060. The number of aliphatic hydroxyl groups is 2. The topological polar surface area (TPSA) is 149 Å². The third-order valence-electron chi connectivity index (χ3n) is 8.96. The van der Waals surface area contributed by atoms with Gasteiger partial charge < -0.3 is 24.6 Å². The fourth-order valence-corrected chi connectivity index (χ4v) is 6.38. The molecular weight excluding hydrogens is 719 g/mol. The summed E-state index contributed by atoms with van der Waals surface area (Å²) in [5.74, 6) is -1.02. The number of phosphoric acid groups is 1. The summed E-state index contributed by atoms with van der Waals surface area (Å²) in [5.41, 5.74) is 0. The summed E-state index contributed by atoms with van der Waals surface area (Å²) in [5, 5.41) is 18.3. The number of phosphoric ester groups is 1. The van der Waals surface area contributed by atoms with Gasteiger partial charge in [0, 0.05) is 12.8 Å². The summed E-state index contributed by atoms with van der Waals surface area (Å²) < 4.78 is 32.6. The van der Waals surface area contributed by atoms with Crippen LogP contribution in [0, 0.1) is 0 Å². The van der Waals surface area contributed by atoms with Crippen LogP contribution >= 0.6 is 7.82 Å². The molecule has 0 aliphatic heterocycles. The zero-order chi connectivity index (χ0) is 40.5. The Morgan fingerprint density at radius 2 is 0.964 bits per heavy atom. The number of carbonyl (C=O) groups is 2. The van der Waals surface area contributed by atoms with Crippen LogP contribution in [0.2, 0.25) is 0 Å². The first-order valence-corrected chi connectivity index (χ1v) is 23.1. The molecule has 0 amide bonds. The van der Waals surface area contributed by atoms with E-state index in [2.05, 4.69) is 60.9 Å². The lowest BCUT2D eigenvalue weighted by Crippen LogP contribution is -2.29. The number of esters is 2. The van der Waals surface area contributed by atoms with Crippen LogP contribution in [0.3, 0.4) is 0 Å². The fourth-order valence-electron chi connectivity index (χ4n) is 5.59. The third kappa shape index (κ3) is 39.9. The summed E-state index contributed by atoms with van der Waals surface area (Å²) in [6.45, 7) is 2.28. The lowest BCUT2D eigenvalue weighted by Gasteiger charge is -2.20. The second-order valence-electron chi connectivity index (χ2n) is 14.4. The van der Waals surface area contributed by atoms with Crippen molar-refractivity contribution in [3.63, 3.8) is 0 Å². The number of hydrogen-bond acceptors (Lipinski definition) is 9. The van der Waals surface area contributed by atoms with Gasteiger partial charge in [-0.15, -0.1) is 0 Å². The molecule has 0 aromatic heterocycles. The maximum atomic E-state index is 12.6. The molecule has 0 aliphatic rings. The van der Waals surface area contributed by atoms with E-state index in [1.807, 2.05) is 6.08 Å². The molecule has 3 atom stereocenters. The minimum Gasteiger partial charge on any atom is -0.462 e. The van der Waals surface area contributed by atoms with E-state index in [0.29, 0.717) is 12.8 Å². The second-order valence-corrected chi connectivity index (χ2v) is 15.8. The summed E-state index contributed by atoms with van der Waals surface area (Å²) in [4.78, 5) is 34.9. The summed E-state index contributed by atoms with van der Waals surface area (Å²) in [7, 11) is -4.63.